The Labute approximate surface area is 178 Å². The number of amides is 1. The molecule has 0 radical (unpaired) electrons. The van der Waals surface area contributed by atoms with Crippen LogP contribution in [0.4, 0.5) is 0 Å². The number of carbonyl (C=O) groups excluding carboxylic acids is 1. The van der Waals surface area contributed by atoms with Gasteiger partial charge in [-0.2, -0.15) is 0 Å². The van der Waals surface area contributed by atoms with Crippen LogP contribution < -0.4 is 4.90 Å². The third-order valence-electron chi connectivity index (χ3n) is 5.24. The van der Waals surface area contributed by atoms with Gasteiger partial charge < -0.3 is 9.80 Å². The Morgan fingerprint density at radius 2 is 1.96 bits per heavy atom. The molecule has 2 atom stereocenters. The van der Waals surface area contributed by atoms with Crippen molar-refractivity contribution in [3.8, 4) is 0 Å². The van der Waals surface area contributed by atoms with Crippen molar-refractivity contribution < 1.29 is 9.69 Å². The predicted molar refractivity (Wildman–Crippen MR) is 119 cm³/mol. The molecule has 28 heavy (non-hydrogen) atoms. The number of rotatable bonds is 8. The molecule has 2 aromatic carbocycles. The van der Waals surface area contributed by atoms with Crippen LogP contribution in [0.1, 0.15) is 41.8 Å². The number of halogens is 1. The van der Waals surface area contributed by atoms with E-state index in [-0.39, 0.29) is 11.3 Å². The van der Waals surface area contributed by atoms with E-state index in [9.17, 15) is 4.79 Å². The summed E-state index contributed by atoms with van der Waals surface area (Å²) in [6, 6.07) is 16.6. The Morgan fingerprint density at radius 1 is 1.21 bits per heavy atom. The van der Waals surface area contributed by atoms with Gasteiger partial charge in [-0.05, 0) is 19.4 Å². The largest absolute Gasteiger partial charge is 0.323 e. The van der Waals surface area contributed by atoms with Gasteiger partial charge in [0, 0.05) is 28.4 Å². The van der Waals surface area contributed by atoms with Crippen LogP contribution in [-0.4, -0.2) is 36.2 Å². The maximum atomic E-state index is 13.2. The molecular weight excluding hydrogens is 388 g/mol. The number of thioether (sulfide) groups is 1. The average molecular weight is 418 g/mol. The number of quaternary nitrogens is 1. The van der Waals surface area contributed by atoms with Gasteiger partial charge in [-0.1, -0.05) is 73.0 Å². The zero-order chi connectivity index (χ0) is 19.9. The van der Waals surface area contributed by atoms with E-state index in [0.29, 0.717) is 6.54 Å². The summed E-state index contributed by atoms with van der Waals surface area (Å²) in [7, 11) is 0. The molecule has 1 amide bonds. The highest BCUT2D eigenvalue weighted by Gasteiger charge is 2.33. The minimum atomic E-state index is 0.0352. The van der Waals surface area contributed by atoms with Gasteiger partial charge in [0.05, 0.1) is 6.54 Å². The second-order valence-electron chi connectivity index (χ2n) is 7.52. The minimum Gasteiger partial charge on any atom is -0.323 e. The Bertz CT molecular complexity index is 780. The van der Waals surface area contributed by atoms with Gasteiger partial charge in [0.1, 0.15) is 11.9 Å². The summed E-state index contributed by atoms with van der Waals surface area (Å²) in [6.07, 6.45) is 2.28. The summed E-state index contributed by atoms with van der Waals surface area (Å²) in [4.78, 5) is 16.6. The van der Waals surface area contributed by atoms with Crippen molar-refractivity contribution in [2.45, 2.75) is 38.6 Å². The average Bonchev–Trinajstić information content (AvgIpc) is 3.18. The lowest BCUT2D eigenvalue weighted by Gasteiger charge is -2.27. The number of hydrogen-bond acceptors (Lipinski definition) is 2. The summed E-state index contributed by atoms with van der Waals surface area (Å²) < 4.78 is 0. The van der Waals surface area contributed by atoms with Gasteiger partial charge in [0.25, 0.3) is 5.91 Å². The first-order valence-corrected chi connectivity index (χ1v) is 11.6. The first-order valence-electron chi connectivity index (χ1n) is 10.1. The van der Waals surface area contributed by atoms with Gasteiger partial charge in [-0.3, -0.25) is 4.79 Å². The Balaban J connectivity index is 1.69. The van der Waals surface area contributed by atoms with E-state index in [1.54, 1.807) is 0 Å². The molecule has 1 N–H and O–H groups in total. The lowest BCUT2D eigenvalue weighted by atomic mass is 10.1. The number of carbonyl (C=O) groups is 1. The summed E-state index contributed by atoms with van der Waals surface area (Å²) >= 11 is 8.22. The molecule has 1 aliphatic heterocycles. The van der Waals surface area contributed by atoms with E-state index in [4.69, 9.17) is 11.6 Å². The third-order valence-corrected chi connectivity index (χ3v) is 6.83. The molecule has 0 spiro atoms. The zero-order valence-corrected chi connectivity index (χ0v) is 18.4. The fourth-order valence-electron chi connectivity index (χ4n) is 3.63. The smallest absolute Gasteiger partial charge is 0.278 e. The maximum absolute atomic E-state index is 13.2. The molecule has 3 rings (SSSR count). The topological polar surface area (TPSA) is 24.8 Å². The molecule has 2 aromatic rings. The van der Waals surface area contributed by atoms with Crippen molar-refractivity contribution in [2.75, 3.05) is 25.4 Å². The maximum Gasteiger partial charge on any atom is 0.278 e. The van der Waals surface area contributed by atoms with Crippen LogP contribution >= 0.6 is 23.4 Å². The van der Waals surface area contributed by atoms with Crippen LogP contribution in [0.3, 0.4) is 0 Å². The molecular formula is C23H30ClN2OS+. The standard InChI is InChI=1S/C23H29ClN2OS/c1-3-4-13-25(16-19-11-9-18(2)10-12-19)17-22(27)26-14-15-28-23(26)20-7-5-6-8-21(20)24/h5-12,23H,3-4,13-17H2,1-2H3/p+1/t23-/m0/s1. The first kappa shape index (κ1) is 21.2. The van der Waals surface area contributed by atoms with Gasteiger partial charge in [0.15, 0.2) is 6.54 Å². The summed E-state index contributed by atoms with van der Waals surface area (Å²) in [5.74, 6) is 1.19. The summed E-state index contributed by atoms with van der Waals surface area (Å²) in [5, 5.41) is 0.780. The van der Waals surface area contributed by atoms with E-state index < -0.39 is 0 Å². The highest BCUT2D eigenvalue weighted by Crippen LogP contribution is 2.40. The number of benzene rings is 2. The van der Waals surface area contributed by atoms with E-state index >= 15 is 0 Å². The third kappa shape index (κ3) is 5.53. The van der Waals surface area contributed by atoms with Gasteiger partial charge in [0.2, 0.25) is 0 Å². The second-order valence-corrected chi connectivity index (χ2v) is 9.12. The van der Waals surface area contributed by atoms with E-state index in [2.05, 4.69) is 38.1 Å². The predicted octanol–water partition coefficient (Wildman–Crippen LogP) is 4.11. The number of nitrogens with zero attached hydrogens (tertiary/aromatic N) is 1. The van der Waals surface area contributed by atoms with Gasteiger partial charge in [-0.25, -0.2) is 0 Å². The fraction of sp³-hybridized carbons (Fsp3) is 0.435. The van der Waals surface area contributed by atoms with Gasteiger partial charge in [-0.15, -0.1) is 11.8 Å². The number of hydrogen-bond donors (Lipinski definition) is 1. The molecule has 0 aliphatic carbocycles. The SMILES string of the molecule is CCCC[NH+](CC(=O)N1CCS[C@H]1c1ccccc1Cl)Cc1ccc(C)cc1. The van der Waals surface area contributed by atoms with Crippen LogP contribution in [0.15, 0.2) is 48.5 Å². The van der Waals surface area contributed by atoms with E-state index in [1.807, 2.05) is 40.9 Å². The van der Waals surface area contributed by atoms with Crippen molar-refractivity contribution in [3.05, 3.63) is 70.2 Å². The summed E-state index contributed by atoms with van der Waals surface area (Å²) in [5.41, 5.74) is 3.61. The number of unbranched alkanes of at least 4 members (excludes halogenated alkanes) is 1. The van der Waals surface area contributed by atoms with Gasteiger partial charge >= 0.3 is 0 Å². The molecule has 1 aliphatic rings. The van der Waals surface area contributed by atoms with Crippen molar-refractivity contribution in [3.63, 3.8) is 0 Å². The van der Waals surface area contributed by atoms with Crippen LogP contribution in [0.5, 0.6) is 0 Å². The molecule has 150 valence electrons. The number of aryl methyl sites for hydroxylation is 1. The van der Waals surface area contributed by atoms with Crippen molar-refractivity contribution in [1.82, 2.24) is 4.90 Å². The van der Waals surface area contributed by atoms with E-state index in [1.165, 1.54) is 16.0 Å². The molecule has 1 unspecified atom stereocenters. The molecule has 0 bridgehead atoms. The second kappa shape index (κ2) is 10.3. The molecule has 1 fully saturated rings. The zero-order valence-electron chi connectivity index (χ0n) is 16.8. The lowest BCUT2D eigenvalue weighted by Crippen LogP contribution is -3.12. The van der Waals surface area contributed by atoms with Crippen molar-refractivity contribution >= 4 is 29.3 Å². The molecule has 1 heterocycles. The van der Waals surface area contributed by atoms with Crippen LogP contribution in [0.2, 0.25) is 5.02 Å². The fourth-order valence-corrected chi connectivity index (χ4v) is 5.25. The molecule has 1 saturated heterocycles. The highest BCUT2D eigenvalue weighted by atomic mass is 35.5. The van der Waals surface area contributed by atoms with Crippen LogP contribution in [0.25, 0.3) is 0 Å². The Kier molecular flexibility index (Phi) is 7.83. The van der Waals surface area contributed by atoms with E-state index in [0.717, 1.165) is 48.8 Å². The highest BCUT2D eigenvalue weighted by molar-refractivity contribution is 7.99. The molecule has 0 saturated carbocycles. The first-order chi connectivity index (χ1) is 13.6. The summed E-state index contributed by atoms with van der Waals surface area (Å²) in [6.45, 7) is 7.56. The quantitative estimate of drug-likeness (QED) is 0.699. The van der Waals surface area contributed by atoms with Crippen LogP contribution in [0, 0.1) is 6.92 Å². The molecule has 5 heteroatoms. The van der Waals surface area contributed by atoms with Crippen molar-refractivity contribution in [2.24, 2.45) is 0 Å². The van der Waals surface area contributed by atoms with Crippen LogP contribution in [-0.2, 0) is 11.3 Å². The van der Waals surface area contributed by atoms with Crippen molar-refractivity contribution in [1.29, 1.82) is 0 Å². The monoisotopic (exact) mass is 417 g/mol. The lowest BCUT2D eigenvalue weighted by molar-refractivity contribution is -0.906. The molecule has 3 nitrogen and oxygen atoms in total. The Morgan fingerprint density at radius 3 is 2.68 bits per heavy atom. The Hall–Kier alpha value is -1.49. The minimum absolute atomic E-state index is 0.0352. The number of nitrogens with one attached hydrogen (secondary N) is 1. The normalized spacial score (nSPS) is 17.7. The molecule has 0 aromatic heterocycles.